The lowest BCUT2D eigenvalue weighted by molar-refractivity contribution is 0.550. The van der Waals surface area contributed by atoms with Crippen molar-refractivity contribution in [3.8, 4) is 0 Å². The smallest absolute Gasteiger partial charge is 0.0767 e. The van der Waals surface area contributed by atoms with E-state index in [2.05, 4.69) is 27.7 Å². The number of hydrogen-bond acceptors (Lipinski definition) is 1. The molecule has 74 valence electrons. The van der Waals surface area contributed by atoms with E-state index in [0.717, 1.165) is 25.2 Å². The Morgan fingerprint density at radius 3 is 1.58 bits per heavy atom. The Kier molecular flexibility index (Phi) is 6.84. The molecule has 2 heteroatoms. The molecule has 0 aliphatic rings. The van der Waals surface area contributed by atoms with Gasteiger partial charge in [0.25, 0.3) is 0 Å². The van der Waals surface area contributed by atoms with Crippen molar-refractivity contribution in [2.24, 2.45) is 11.8 Å². The van der Waals surface area contributed by atoms with Gasteiger partial charge in [0.05, 0.1) is 7.80 Å². The van der Waals surface area contributed by atoms with Gasteiger partial charge in [-0.3, -0.25) is 0 Å². The molecule has 0 fully saturated rings. The molecule has 0 saturated carbocycles. The molecule has 0 saturated heterocycles. The topological polar surface area (TPSA) is 17.1 Å². The molecule has 0 radical (unpaired) electrons. The van der Waals surface area contributed by atoms with Crippen molar-refractivity contribution in [3.63, 3.8) is 0 Å². The molecule has 0 aliphatic heterocycles. The zero-order chi connectivity index (χ0) is 9.56. The molecule has 2 unspecified atom stereocenters. The maximum atomic E-state index is 11.6. The van der Waals surface area contributed by atoms with Crippen LogP contribution in [-0.2, 0) is 4.57 Å². The van der Waals surface area contributed by atoms with Crippen LogP contribution in [-0.4, -0.2) is 12.3 Å². The first-order valence-corrected chi connectivity index (χ1v) is 6.94. The van der Waals surface area contributed by atoms with E-state index in [0.29, 0.717) is 11.8 Å². The summed E-state index contributed by atoms with van der Waals surface area (Å²) in [4.78, 5) is 0. The van der Waals surface area contributed by atoms with Crippen LogP contribution in [0.4, 0.5) is 0 Å². The molecule has 0 spiro atoms. The van der Waals surface area contributed by atoms with Gasteiger partial charge in [-0.1, -0.05) is 40.5 Å². The Bertz CT molecular complexity index is 120. The lowest BCUT2D eigenvalue weighted by Gasteiger charge is -2.11. The van der Waals surface area contributed by atoms with Crippen LogP contribution in [0.25, 0.3) is 0 Å². The van der Waals surface area contributed by atoms with Crippen molar-refractivity contribution < 1.29 is 4.57 Å². The van der Waals surface area contributed by atoms with E-state index in [1.54, 1.807) is 0 Å². The fourth-order valence-corrected chi connectivity index (χ4v) is 3.45. The summed E-state index contributed by atoms with van der Waals surface area (Å²) in [6, 6.07) is 0. The normalized spacial score (nSPS) is 18.7. The largest absolute Gasteiger partial charge is 0.327 e. The molecule has 12 heavy (non-hydrogen) atoms. The standard InChI is InChI=1S/C10H23OP/c1-5-9(3)7-12(11)8-10(4)6-2/h9-10,12H,5-8H2,1-4H3. The Hall–Kier alpha value is 0.230. The van der Waals surface area contributed by atoms with Crippen molar-refractivity contribution in [2.45, 2.75) is 40.5 Å². The zero-order valence-electron chi connectivity index (χ0n) is 8.89. The average Bonchev–Trinajstić information content (AvgIpc) is 2.03. The highest BCUT2D eigenvalue weighted by Gasteiger charge is 2.08. The zero-order valence-corrected chi connectivity index (χ0v) is 9.89. The van der Waals surface area contributed by atoms with Gasteiger partial charge in [0.15, 0.2) is 0 Å². The Balaban J connectivity index is 3.59. The predicted octanol–water partition coefficient (Wildman–Crippen LogP) is 3.64. The first-order chi connectivity index (χ1) is 5.60. The molecule has 0 bridgehead atoms. The van der Waals surface area contributed by atoms with E-state index < -0.39 is 7.80 Å². The van der Waals surface area contributed by atoms with Crippen LogP contribution in [0.3, 0.4) is 0 Å². The van der Waals surface area contributed by atoms with Gasteiger partial charge in [0.2, 0.25) is 0 Å². The maximum absolute atomic E-state index is 11.6. The third kappa shape index (κ3) is 5.83. The van der Waals surface area contributed by atoms with E-state index in [-0.39, 0.29) is 0 Å². The first kappa shape index (κ1) is 12.2. The van der Waals surface area contributed by atoms with Crippen LogP contribution in [0, 0.1) is 11.8 Å². The molecule has 2 atom stereocenters. The van der Waals surface area contributed by atoms with Crippen molar-refractivity contribution in [1.29, 1.82) is 0 Å². The SMILES string of the molecule is CCC(C)C[PH](=O)CC(C)CC. The Morgan fingerprint density at radius 1 is 1.00 bits per heavy atom. The summed E-state index contributed by atoms with van der Waals surface area (Å²) in [5.74, 6) is 1.31. The lowest BCUT2D eigenvalue weighted by atomic mass is 10.2. The van der Waals surface area contributed by atoms with Gasteiger partial charge in [-0.25, -0.2) is 0 Å². The highest BCUT2D eigenvalue weighted by molar-refractivity contribution is 7.44. The van der Waals surface area contributed by atoms with Crippen molar-refractivity contribution in [3.05, 3.63) is 0 Å². The van der Waals surface area contributed by atoms with E-state index in [9.17, 15) is 4.57 Å². The van der Waals surface area contributed by atoms with Gasteiger partial charge in [0, 0.05) is 12.3 Å². The maximum Gasteiger partial charge on any atom is 0.0767 e. The van der Waals surface area contributed by atoms with Crippen LogP contribution in [0.1, 0.15) is 40.5 Å². The van der Waals surface area contributed by atoms with Crippen molar-refractivity contribution in [2.75, 3.05) is 12.3 Å². The highest BCUT2D eigenvalue weighted by Crippen LogP contribution is 2.28. The summed E-state index contributed by atoms with van der Waals surface area (Å²) in [5.41, 5.74) is 0. The quantitative estimate of drug-likeness (QED) is 0.584. The molecule has 0 rings (SSSR count). The van der Waals surface area contributed by atoms with E-state index in [1.807, 2.05) is 0 Å². The molecular formula is C10H23OP. The average molecular weight is 190 g/mol. The second-order valence-electron chi connectivity index (χ2n) is 3.97. The molecule has 0 aliphatic carbocycles. The van der Waals surface area contributed by atoms with Gasteiger partial charge in [0.1, 0.15) is 0 Å². The fraction of sp³-hybridized carbons (Fsp3) is 1.00. The highest BCUT2D eigenvalue weighted by atomic mass is 31.1. The number of hydrogen-bond donors (Lipinski definition) is 0. The van der Waals surface area contributed by atoms with Crippen LogP contribution in [0.2, 0.25) is 0 Å². The first-order valence-electron chi connectivity index (χ1n) is 5.11. The minimum Gasteiger partial charge on any atom is -0.327 e. The summed E-state index contributed by atoms with van der Waals surface area (Å²) >= 11 is 0. The van der Waals surface area contributed by atoms with Gasteiger partial charge >= 0.3 is 0 Å². The molecular weight excluding hydrogens is 167 g/mol. The summed E-state index contributed by atoms with van der Waals surface area (Å²) in [6.45, 7) is 8.73. The summed E-state index contributed by atoms with van der Waals surface area (Å²) in [7, 11) is -1.26. The third-order valence-electron chi connectivity index (χ3n) is 2.55. The third-order valence-corrected chi connectivity index (χ3v) is 4.85. The number of rotatable bonds is 6. The molecule has 0 aromatic carbocycles. The minimum atomic E-state index is -1.26. The summed E-state index contributed by atoms with van der Waals surface area (Å²) in [6.07, 6.45) is 4.25. The van der Waals surface area contributed by atoms with E-state index in [1.165, 1.54) is 0 Å². The molecule has 0 amide bonds. The van der Waals surface area contributed by atoms with Gasteiger partial charge in [-0.15, -0.1) is 0 Å². The van der Waals surface area contributed by atoms with Gasteiger partial charge < -0.3 is 4.57 Å². The summed E-state index contributed by atoms with van der Waals surface area (Å²) in [5, 5.41) is 0. The van der Waals surface area contributed by atoms with Gasteiger partial charge in [-0.2, -0.15) is 0 Å². The summed E-state index contributed by atoms with van der Waals surface area (Å²) < 4.78 is 11.6. The molecule has 0 N–H and O–H groups in total. The fourth-order valence-electron chi connectivity index (χ4n) is 1.15. The Morgan fingerprint density at radius 2 is 1.33 bits per heavy atom. The van der Waals surface area contributed by atoms with E-state index in [4.69, 9.17) is 0 Å². The molecule has 1 nitrogen and oxygen atoms in total. The lowest BCUT2D eigenvalue weighted by Crippen LogP contribution is -2.01. The second kappa shape index (κ2) is 6.71. The van der Waals surface area contributed by atoms with Crippen molar-refractivity contribution >= 4 is 7.80 Å². The molecule has 0 heterocycles. The monoisotopic (exact) mass is 190 g/mol. The van der Waals surface area contributed by atoms with Crippen LogP contribution >= 0.6 is 7.80 Å². The Labute approximate surface area is 77.7 Å². The van der Waals surface area contributed by atoms with Gasteiger partial charge in [-0.05, 0) is 11.8 Å². The van der Waals surface area contributed by atoms with Crippen LogP contribution < -0.4 is 0 Å². The van der Waals surface area contributed by atoms with E-state index >= 15 is 0 Å². The van der Waals surface area contributed by atoms with Crippen LogP contribution in [0.5, 0.6) is 0 Å². The van der Waals surface area contributed by atoms with Crippen molar-refractivity contribution in [1.82, 2.24) is 0 Å². The van der Waals surface area contributed by atoms with Crippen LogP contribution in [0.15, 0.2) is 0 Å². The minimum absolute atomic E-state index is 0.653. The molecule has 0 aromatic rings. The predicted molar refractivity (Wildman–Crippen MR) is 57.6 cm³/mol. The molecule has 0 aromatic heterocycles. The second-order valence-corrected chi connectivity index (χ2v) is 5.87.